The molecule has 7 nitrogen and oxygen atoms in total. The first-order valence-corrected chi connectivity index (χ1v) is 7.32. The maximum absolute atomic E-state index is 5.87. The summed E-state index contributed by atoms with van der Waals surface area (Å²) in [4.78, 5) is 14.7. The summed E-state index contributed by atoms with van der Waals surface area (Å²) in [5, 5.41) is 6.36. The molecule has 0 aliphatic carbocycles. The van der Waals surface area contributed by atoms with Crippen molar-refractivity contribution in [2.24, 2.45) is 0 Å². The Morgan fingerprint density at radius 3 is 2.70 bits per heavy atom. The normalized spacial score (nSPS) is 19.9. The zero-order valence-corrected chi connectivity index (χ0v) is 12.7. The van der Waals surface area contributed by atoms with Crippen molar-refractivity contribution in [3.05, 3.63) is 5.28 Å². The molecule has 0 radical (unpaired) electrons. The number of nitrogens with one attached hydrogen (secondary N) is 2. The summed E-state index contributed by atoms with van der Waals surface area (Å²) in [6.45, 7) is 9.24. The van der Waals surface area contributed by atoms with Crippen molar-refractivity contribution in [2.75, 3.05) is 50.0 Å². The summed E-state index contributed by atoms with van der Waals surface area (Å²) < 4.78 is 5.72. The van der Waals surface area contributed by atoms with Gasteiger partial charge in [0.25, 0.3) is 0 Å². The van der Waals surface area contributed by atoms with Crippen LogP contribution >= 0.6 is 11.6 Å². The van der Waals surface area contributed by atoms with Gasteiger partial charge in [0.05, 0.1) is 12.7 Å². The minimum absolute atomic E-state index is 0.141. The molecule has 1 unspecified atom stereocenters. The minimum atomic E-state index is 0.141. The van der Waals surface area contributed by atoms with E-state index in [1.165, 1.54) is 0 Å². The number of likely N-dealkylation sites (N-methyl/N-ethyl adjacent to an activating group) is 1. The molecule has 1 aromatic rings. The Bertz CT molecular complexity index is 432. The third-order valence-electron chi connectivity index (χ3n) is 3.10. The van der Waals surface area contributed by atoms with E-state index >= 15 is 0 Å². The maximum atomic E-state index is 5.87. The van der Waals surface area contributed by atoms with E-state index < -0.39 is 0 Å². The van der Waals surface area contributed by atoms with Crippen LogP contribution < -0.4 is 10.6 Å². The van der Waals surface area contributed by atoms with E-state index in [-0.39, 0.29) is 11.4 Å². The molecule has 0 spiro atoms. The monoisotopic (exact) mass is 300 g/mol. The first kappa shape index (κ1) is 15.2. The highest BCUT2D eigenvalue weighted by atomic mass is 35.5. The zero-order valence-electron chi connectivity index (χ0n) is 11.9. The second kappa shape index (κ2) is 7.56. The molecule has 0 saturated carbocycles. The van der Waals surface area contributed by atoms with Gasteiger partial charge in [-0.05, 0) is 25.1 Å². The number of anilines is 2. The van der Waals surface area contributed by atoms with E-state index in [0.717, 1.165) is 32.8 Å². The molecule has 1 aromatic heterocycles. The summed E-state index contributed by atoms with van der Waals surface area (Å²) in [5.41, 5.74) is 0. The number of rotatable bonds is 6. The van der Waals surface area contributed by atoms with Gasteiger partial charge in [0.2, 0.25) is 17.2 Å². The van der Waals surface area contributed by atoms with Crippen molar-refractivity contribution in [3.8, 4) is 0 Å². The van der Waals surface area contributed by atoms with E-state index in [1.54, 1.807) is 0 Å². The Kier molecular flexibility index (Phi) is 5.75. The molecular formula is C12H21ClN6O. The Morgan fingerprint density at radius 2 is 2.00 bits per heavy atom. The van der Waals surface area contributed by atoms with Crippen molar-refractivity contribution in [1.82, 2.24) is 19.9 Å². The van der Waals surface area contributed by atoms with Crippen molar-refractivity contribution in [2.45, 2.75) is 20.0 Å². The number of morpholine rings is 1. The Morgan fingerprint density at radius 1 is 1.25 bits per heavy atom. The molecule has 2 heterocycles. The number of ether oxygens (including phenoxy) is 1. The van der Waals surface area contributed by atoms with Gasteiger partial charge >= 0.3 is 0 Å². The highest BCUT2D eigenvalue weighted by Gasteiger charge is 2.19. The third-order valence-corrected chi connectivity index (χ3v) is 3.27. The van der Waals surface area contributed by atoms with Gasteiger partial charge in [0.15, 0.2) is 0 Å². The van der Waals surface area contributed by atoms with Gasteiger partial charge in [-0.15, -0.1) is 0 Å². The first-order chi connectivity index (χ1) is 9.71. The Labute approximate surface area is 124 Å². The smallest absolute Gasteiger partial charge is 0.228 e. The molecule has 1 aliphatic rings. The average molecular weight is 301 g/mol. The zero-order chi connectivity index (χ0) is 14.4. The molecule has 8 heteroatoms. The quantitative estimate of drug-likeness (QED) is 0.814. The maximum Gasteiger partial charge on any atom is 0.228 e. The van der Waals surface area contributed by atoms with E-state index in [4.69, 9.17) is 16.3 Å². The molecule has 1 fully saturated rings. The minimum Gasteiger partial charge on any atom is -0.374 e. The second-order valence-electron chi connectivity index (χ2n) is 4.55. The topological polar surface area (TPSA) is 75.2 Å². The number of hydrogen-bond acceptors (Lipinski definition) is 7. The Balaban J connectivity index is 1.89. The van der Waals surface area contributed by atoms with Crippen LogP contribution in [-0.2, 0) is 4.74 Å². The largest absolute Gasteiger partial charge is 0.374 e. The van der Waals surface area contributed by atoms with Crippen LogP contribution in [0.15, 0.2) is 0 Å². The van der Waals surface area contributed by atoms with Crippen molar-refractivity contribution in [1.29, 1.82) is 0 Å². The molecule has 1 saturated heterocycles. The average Bonchev–Trinajstić information content (AvgIpc) is 2.45. The predicted octanol–water partition coefficient (Wildman–Crippen LogP) is 1.09. The summed E-state index contributed by atoms with van der Waals surface area (Å²) in [6.07, 6.45) is 0.141. The van der Waals surface area contributed by atoms with Gasteiger partial charge in [0.1, 0.15) is 0 Å². The van der Waals surface area contributed by atoms with Crippen LogP contribution in [0.2, 0.25) is 5.28 Å². The van der Waals surface area contributed by atoms with Gasteiger partial charge in [-0.2, -0.15) is 15.0 Å². The SMILES string of the molecule is CCNc1nc(Cl)nc(NCC2CN(CC)CCO2)n1. The van der Waals surface area contributed by atoms with E-state index in [1.807, 2.05) is 6.92 Å². The lowest BCUT2D eigenvalue weighted by molar-refractivity contribution is -0.0192. The number of nitrogens with zero attached hydrogens (tertiary/aromatic N) is 4. The van der Waals surface area contributed by atoms with Crippen LogP contribution in [-0.4, -0.2) is 65.3 Å². The fourth-order valence-corrected chi connectivity index (χ4v) is 2.22. The number of aromatic nitrogens is 3. The fraction of sp³-hybridized carbons (Fsp3) is 0.750. The summed E-state index contributed by atoms with van der Waals surface area (Å²) in [7, 11) is 0. The molecule has 1 aliphatic heterocycles. The Hall–Kier alpha value is -1.18. The molecular weight excluding hydrogens is 280 g/mol. The van der Waals surface area contributed by atoms with Crippen LogP contribution in [0.5, 0.6) is 0 Å². The predicted molar refractivity (Wildman–Crippen MR) is 79.3 cm³/mol. The van der Waals surface area contributed by atoms with Gasteiger partial charge in [-0.25, -0.2) is 0 Å². The highest BCUT2D eigenvalue weighted by molar-refractivity contribution is 6.28. The second-order valence-corrected chi connectivity index (χ2v) is 4.89. The van der Waals surface area contributed by atoms with Crippen LogP contribution in [0, 0.1) is 0 Å². The van der Waals surface area contributed by atoms with E-state index in [2.05, 4.69) is 37.4 Å². The van der Waals surface area contributed by atoms with Crippen LogP contribution in [0.4, 0.5) is 11.9 Å². The fourth-order valence-electron chi connectivity index (χ4n) is 2.06. The van der Waals surface area contributed by atoms with Crippen LogP contribution in [0.3, 0.4) is 0 Å². The molecule has 0 bridgehead atoms. The van der Waals surface area contributed by atoms with Crippen molar-refractivity contribution < 1.29 is 4.74 Å². The summed E-state index contributed by atoms with van der Waals surface area (Å²) in [6, 6.07) is 0. The highest BCUT2D eigenvalue weighted by Crippen LogP contribution is 2.10. The molecule has 0 aromatic carbocycles. The molecule has 112 valence electrons. The van der Waals surface area contributed by atoms with Crippen LogP contribution in [0.25, 0.3) is 0 Å². The van der Waals surface area contributed by atoms with E-state index in [0.29, 0.717) is 18.4 Å². The molecule has 0 amide bonds. The van der Waals surface area contributed by atoms with Gasteiger partial charge < -0.3 is 15.4 Å². The van der Waals surface area contributed by atoms with Gasteiger partial charge in [0, 0.05) is 26.2 Å². The van der Waals surface area contributed by atoms with Crippen molar-refractivity contribution >= 4 is 23.5 Å². The molecule has 2 rings (SSSR count). The lowest BCUT2D eigenvalue weighted by Gasteiger charge is -2.32. The van der Waals surface area contributed by atoms with Crippen molar-refractivity contribution in [3.63, 3.8) is 0 Å². The summed E-state index contributed by atoms with van der Waals surface area (Å²) in [5.74, 6) is 0.952. The molecule has 20 heavy (non-hydrogen) atoms. The van der Waals surface area contributed by atoms with Gasteiger partial charge in [-0.1, -0.05) is 6.92 Å². The third kappa shape index (κ3) is 4.43. The standard InChI is InChI=1S/C12H21ClN6O/c1-3-14-11-16-10(13)17-12(18-11)15-7-9-8-19(4-2)5-6-20-9/h9H,3-8H2,1-2H3,(H2,14,15,16,17,18). The lowest BCUT2D eigenvalue weighted by Crippen LogP contribution is -2.45. The first-order valence-electron chi connectivity index (χ1n) is 6.94. The molecule has 1 atom stereocenters. The molecule has 2 N–H and O–H groups in total. The van der Waals surface area contributed by atoms with E-state index in [9.17, 15) is 0 Å². The summed E-state index contributed by atoms with van der Waals surface area (Å²) >= 11 is 5.87. The lowest BCUT2D eigenvalue weighted by atomic mass is 10.2. The van der Waals surface area contributed by atoms with Crippen LogP contribution in [0.1, 0.15) is 13.8 Å². The number of halogens is 1. The van der Waals surface area contributed by atoms with Gasteiger partial charge in [-0.3, -0.25) is 4.90 Å². The number of hydrogen-bond donors (Lipinski definition) is 2.